The summed E-state index contributed by atoms with van der Waals surface area (Å²) in [7, 11) is 0. The fourth-order valence-electron chi connectivity index (χ4n) is 0. The molecule has 0 aromatic rings. The largest absolute Gasteiger partial charge is 0 e. The second-order valence-corrected chi connectivity index (χ2v) is 0. The Morgan fingerprint density at radius 3 is 1.00 bits per heavy atom. The Labute approximate surface area is 116 Å². The molecule has 7 heteroatoms. The van der Waals surface area contributed by atoms with Crippen molar-refractivity contribution in [1.82, 2.24) is 0 Å². The van der Waals surface area contributed by atoms with E-state index in [1.54, 1.807) is 0 Å². The average Bonchev–Trinajstić information content (AvgIpc) is 0. The zero-order chi connectivity index (χ0) is 0. The summed E-state index contributed by atoms with van der Waals surface area (Å²) in [5, 5.41) is 0. The summed E-state index contributed by atoms with van der Waals surface area (Å²) in [6.07, 6.45) is 0. The number of hydrogen-bond donors (Lipinski definition) is 0. The summed E-state index contributed by atoms with van der Waals surface area (Å²) in [5.41, 5.74) is 0. The van der Waals surface area contributed by atoms with Gasteiger partial charge in [-0.1, -0.05) is 0 Å². The maximum Gasteiger partial charge on any atom is 0 e. The molecular weight excluding hydrogens is 477 g/mol. The van der Waals surface area contributed by atoms with Crippen LogP contribution in [0.15, 0.2) is 0 Å². The standard InChI is InChI=1S/C.Co.Cr.Fe.Mn.P.Si.W. The third-order valence-electron chi connectivity index (χ3n) is 0. The minimum atomic E-state index is 0. The smallest absolute Gasteiger partial charge is 0 e. The van der Waals surface area contributed by atoms with Gasteiger partial charge >= 0.3 is 0 Å². The molecule has 0 nitrogen and oxygen atoms in total. The van der Waals surface area contributed by atoms with Crippen LogP contribution in [0.25, 0.3) is 0 Å². The van der Waals surface area contributed by atoms with Gasteiger partial charge in [0.1, 0.15) is 0 Å². The first-order valence-electron chi connectivity index (χ1n) is 0. The van der Waals surface area contributed by atoms with E-state index in [-0.39, 0.29) is 118 Å². The molecule has 0 heterocycles. The minimum absolute atomic E-state index is 0. The zero-order valence-corrected chi connectivity index (χ0v) is 12.8. The second-order valence-electron chi connectivity index (χ2n) is 0. The van der Waals surface area contributed by atoms with Crippen molar-refractivity contribution in [2.24, 2.45) is 0 Å². The molecule has 0 rings (SSSR count). The Kier molecular flexibility index (Phi) is 1050. The van der Waals surface area contributed by atoms with E-state index >= 15 is 0 Å². The van der Waals surface area contributed by atoms with E-state index in [1.807, 2.05) is 0 Å². The first kappa shape index (κ1) is 106. The van der Waals surface area contributed by atoms with Crippen LogP contribution < -0.4 is 0 Å². The monoisotopic (exact) mass is 477 g/mol. The summed E-state index contributed by atoms with van der Waals surface area (Å²) in [6, 6.07) is 0. The molecular formula is CCoCrFeMnPSiW. The summed E-state index contributed by atoms with van der Waals surface area (Å²) < 4.78 is 0. The van der Waals surface area contributed by atoms with Gasteiger partial charge in [0.05, 0.1) is 0 Å². The minimum Gasteiger partial charge on any atom is 0 e. The van der Waals surface area contributed by atoms with Gasteiger partial charge in [-0.25, -0.2) is 0 Å². The van der Waals surface area contributed by atoms with Crippen molar-refractivity contribution in [2.75, 3.05) is 0 Å². The summed E-state index contributed by atoms with van der Waals surface area (Å²) in [5.74, 6) is 0. The summed E-state index contributed by atoms with van der Waals surface area (Å²) in [4.78, 5) is 0. The van der Waals surface area contributed by atoms with Crippen molar-refractivity contribution in [3.63, 3.8) is 0 Å². The molecule has 0 saturated heterocycles. The number of hydrogen-bond acceptors (Lipinski definition) is 0. The van der Waals surface area contributed by atoms with Gasteiger partial charge in [-0.15, -0.1) is 0 Å². The zero-order valence-electron chi connectivity index (χ0n) is 3.33. The van der Waals surface area contributed by atoms with Crippen LogP contribution >= 0.6 is 9.90 Å². The third kappa shape index (κ3) is 57.2. The summed E-state index contributed by atoms with van der Waals surface area (Å²) >= 11 is 0. The van der Waals surface area contributed by atoms with Crippen molar-refractivity contribution in [1.29, 1.82) is 0 Å². The fraction of sp³-hybridized carbons (Fsp3) is 0. The average molecular weight is 477 g/mol. The second kappa shape index (κ2) is 79.2. The molecule has 0 aromatic heterocycles. The molecule has 0 saturated carbocycles. The van der Waals surface area contributed by atoms with Crippen LogP contribution in [-0.4, -0.2) is 11.0 Å². The van der Waals surface area contributed by atoms with E-state index in [1.165, 1.54) is 0 Å². The van der Waals surface area contributed by atoms with E-state index in [0.29, 0.717) is 0 Å². The summed E-state index contributed by atoms with van der Waals surface area (Å²) in [6.45, 7) is 0. The van der Waals surface area contributed by atoms with Crippen LogP contribution in [0, 0.1) is 7.43 Å². The predicted octanol–water partition coefficient (Wildman–Crippen LogP) is 0.549. The van der Waals surface area contributed by atoms with Gasteiger partial charge in [0.15, 0.2) is 0 Å². The first-order chi connectivity index (χ1) is 0. The predicted molar refractivity (Wildman–Crippen MR) is 15.9 cm³/mol. The first-order valence-corrected chi connectivity index (χ1v) is 0. The van der Waals surface area contributed by atoms with Crippen molar-refractivity contribution in [2.45, 2.75) is 0 Å². The van der Waals surface area contributed by atoms with Crippen molar-refractivity contribution < 1.29 is 89.3 Å². The van der Waals surface area contributed by atoms with Crippen LogP contribution in [0.2, 0.25) is 0 Å². The molecule has 0 spiro atoms. The molecule has 0 amide bonds. The SMILES string of the molecule is [C].[Co].[Cr].[Fe].[Mn].[P].[Si].[W]. The van der Waals surface area contributed by atoms with E-state index in [2.05, 4.69) is 0 Å². The molecule has 0 aliphatic rings. The van der Waals surface area contributed by atoms with Crippen molar-refractivity contribution in [3.8, 4) is 0 Å². The van der Waals surface area contributed by atoms with Crippen LogP contribution in [0.4, 0.5) is 0 Å². The van der Waals surface area contributed by atoms with Gasteiger partial charge in [-0.2, -0.15) is 0 Å². The fourth-order valence-corrected chi connectivity index (χ4v) is 0. The van der Waals surface area contributed by atoms with Gasteiger partial charge < -0.3 is 0 Å². The normalized spacial score (nSPS) is 0. The molecule has 0 N–H and O–H groups in total. The van der Waals surface area contributed by atoms with E-state index in [9.17, 15) is 0 Å². The van der Waals surface area contributed by atoms with Crippen LogP contribution in [0.1, 0.15) is 0 Å². The molecule has 8 heavy (non-hydrogen) atoms. The molecule has 0 aliphatic heterocycles. The molecule has 0 unspecified atom stereocenters. The third-order valence-corrected chi connectivity index (χ3v) is 0. The Hall–Kier alpha value is 3.41. The Morgan fingerprint density at radius 2 is 1.00 bits per heavy atom. The van der Waals surface area contributed by atoms with Gasteiger partial charge in [0, 0.05) is 118 Å². The molecule has 0 aliphatic carbocycles. The van der Waals surface area contributed by atoms with Crippen LogP contribution in [0.3, 0.4) is 0 Å². The van der Waals surface area contributed by atoms with Crippen molar-refractivity contribution in [3.05, 3.63) is 7.43 Å². The van der Waals surface area contributed by atoms with Crippen molar-refractivity contribution >= 4 is 20.9 Å². The number of rotatable bonds is 0. The molecule has 49 valence electrons. The van der Waals surface area contributed by atoms with Gasteiger partial charge in [-0.05, 0) is 0 Å². The Morgan fingerprint density at radius 1 is 1.00 bits per heavy atom. The molecule has 0 fully saturated rings. The quantitative estimate of drug-likeness (QED) is 0.354. The molecule has 0 aromatic carbocycles. The maximum absolute atomic E-state index is 0. The Balaban J connectivity index is 0. The maximum atomic E-state index is 0. The van der Waals surface area contributed by atoms with Gasteiger partial charge in [-0.3, -0.25) is 0 Å². The van der Waals surface area contributed by atoms with Crippen LogP contribution in [0.5, 0.6) is 0 Å². The molecule has 0 atom stereocenters. The molecule has 13 radical (unpaired) electrons. The Bertz CT molecular complexity index is 24.0. The van der Waals surface area contributed by atoms with E-state index in [4.69, 9.17) is 0 Å². The van der Waals surface area contributed by atoms with E-state index < -0.39 is 0 Å². The van der Waals surface area contributed by atoms with Crippen LogP contribution in [-0.2, 0) is 89.3 Å². The topological polar surface area (TPSA) is 0 Å². The van der Waals surface area contributed by atoms with E-state index in [0.717, 1.165) is 0 Å². The molecule has 0 bridgehead atoms. The van der Waals surface area contributed by atoms with Gasteiger partial charge in [0.25, 0.3) is 0 Å². The van der Waals surface area contributed by atoms with Gasteiger partial charge in [0.2, 0.25) is 0 Å².